The molecule has 0 aliphatic rings. The number of ether oxygens (including phenoxy) is 1. The molecule has 0 fully saturated rings. The van der Waals surface area contributed by atoms with E-state index in [-0.39, 0.29) is 5.60 Å². The Morgan fingerprint density at radius 1 is 1.56 bits per heavy atom. The van der Waals surface area contributed by atoms with Gasteiger partial charge in [0.15, 0.2) is 0 Å². The minimum absolute atomic E-state index is 0.325. The molecule has 0 aromatic rings. The van der Waals surface area contributed by atoms with Crippen molar-refractivity contribution in [1.82, 2.24) is 0 Å². The molecule has 0 rings (SSSR count). The van der Waals surface area contributed by atoms with Gasteiger partial charge >= 0.3 is 0 Å². The Morgan fingerprint density at radius 2 is 2.00 bits per heavy atom. The van der Waals surface area contributed by atoms with E-state index in [4.69, 9.17) is 10.6 Å². The molecule has 9 heavy (non-hydrogen) atoms. The third kappa shape index (κ3) is 2.01. The van der Waals surface area contributed by atoms with Gasteiger partial charge in [0.1, 0.15) is 5.60 Å². The average Bonchev–Trinajstić information content (AvgIpc) is 1.86. The molecule has 0 saturated carbocycles. The average molecular weight is 130 g/mol. The van der Waals surface area contributed by atoms with Crippen molar-refractivity contribution in [2.24, 2.45) is 10.9 Å². The van der Waals surface area contributed by atoms with Gasteiger partial charge in [0.2, 0.25) is 0 Å². The van der Waals surface area contributed by atoms with Gasteiger partial charge in [-0.15, -0.1) is 0 Å². The standard InChI is InChI=1S/C6H14N2O/c1-5(8-7)6(2,3)9-4/h7H2,1-4H3/b8-5+. The second-order valence-electron chi connectivity index (χ2n) is 2.43. The summed E-state index contributed by atoms with van der Waals surface area (Å²) in [5.41, 5.74) is 0.472. The quantitative estimate of drug-likeness (QED) is 0.340. The maximum absolute atomic E-state index is 5.08. The number of methoxy groups -OCH3 is 1. The summed E-state index contributed by atoms with van der Waals surface area (Å²) < 4.78 is 5.08. The van der Waals surface area contributed by atoms with Gasteiger partial charge < -0.3 is 10.6 Å². The van der Waals surface area contributed by atoms with Crippen molar-refractivity contribution in [2.75, 3.05) is 7.11 Å². The summed E-state index contributed by atoms with van der Waals surface area (Å²) in [5, 5.41) is 3.52. The summed E-state index contributed by atoms with van der Waals surface area (Å²) in [6, 6.07) is 0. The van der Waals surface area contributed by atoms with Crippen LogP contribution in [0.2, 0.25) is 0 Å². The van der Waals surface area contributed by atoms with Crippen LogP contribution in [0.1, 0.15) is 20.8 Å². The molecular formula is C6H14N2O. The van der Waals surface area contributed by atoms with Gasteiger partial charge in [-0.05, 0) is 20.8 Å². The van der Waals surface area contributed by atoms with E-state index >= 15 is 0 Å². The van der Waals surface area contributed by atoms with Crippen LogP contribution in [-0.2, 0) is 4.74 Å². The lowest BCUT2D eigenvalue weighted by Gasteiger charge is -2.21. The van der Waals surface area contributed by atoms with Crippen LogP contribution in [0.15, 0.2) is 5.10 Å². The Balaban J connectivity index is 4.14. The van der Waals surface area contributed by atoms with Crippen molar-refractivity contribution in [3.63, 3.8) is 0 Å². The molecule has 0 aliphatic heterocycles. The lowest BCUT2D eigenvalue weighted by molar-refractivity contribution is 0.0821. The zero-order valence-corrected chi connectivity index (χ0v) is 6.43. The van der Waals surface area contributed by atoms with Crippen LogP contribution in [0.25, 0.3) is 0 Å². The SMILES string of the molecule is COC(C)(C)/C(C)=N/N. The maximum Gasteiger partial charge on any atom is 0.102 e. The predicted molar refractivity (Wildman–Crippen MR) is 38.4 cm³/mol. The molecular weight excluding hydrogens is 116 g/mol. The molecule has 0 heterocycles. The van der Waals surface area contributed by atoms with Crippen LogP contribution >= 0.6 is 0 Å². The van der Waals surface area contributed by atoms with Gasteiger partial charge in [0, 0.05) is 7.11 Å². The second-order valence-corrected chi connectivity index (χ2v) is 2.43. The molecule has 0 atom stereocenters. The maximum atomic E-state index is 5.08. The summed E-state index contributed by atoms with van der Waals surface area (Å²) in [7, 11) is 1.63. The van der Waals surface area contributed by atoms with E-state index in [0.29, 0.717) is 0 Å². The lowest BCUT2D eigenvalue weighted by Crippen LogP contribution is -2.32. The molecule has 0 unspecified atom stereocenters. The molecule has 0 aromatic carbocycles. The number of hydrazone groups is 1. The molecule has 3 heteroatoms. The molecule has 0 radical (unpaired) electrons. The Hall–Kier alpha value is -0.570. The van der Waals surface area contributed by atoms with E-state index in [0.717, 1.165) is 5.71 Å². The molecule has 0 amide bonds. The molecule has 0 aromatic heterocycles. The highest BCUT2D eigenvalue weighted by molar-refractivity contribution is 5.89. The van der Waals surface area contributed by atoms with Crippen LogP contribution < -0.4 is 5.84 Å². The Kier molecular flexibility index (Phi) is 2.65. The number of rotatable bonds is 2. The first-order valence-corrected chi connectivity index (χ1v) is 2.84. The van der Waals surface area contributed by atoms with E-state index in [2.05, 4.69) is 5.10 Å². The lowest BCUT2D eigenvalue weighted by atomic mass is 10.1. The summed E-state index contributed by atoms with van der Waals surface area (Å²) in [5.74, 6) is 5.04. The molecule has 0 aliphatic carbocycles. The molecule has 0 saturated heterocycles. The van der Waals surface area contributed by atoms with E-state index in [1.54, 1.807) is 7.11 Å². The highest BCUT2D eigenvalue weighted by Gasteiger charge is 2.19. The zero-order valence-electron chi connectivity index (χ0n) is 6.43. The molecule has 0 spiro atoms. The van der Waals surface area contributed by atoms with Gasteiger partial charge in [0.25, 0.3) is 0 Å². The summed E-state index contributed by atoms with van der Waals surface area (Å²) >= 11 is 0. The Labute approximate surface area is 55.9 Å². The van der Waals surface area contributed by atoms with E-state index in [1.807, 2.05) is 20.8 Å². The van der Waals surface area contributed by atoms with Gasteiger partial charge in [-0.1, -0.05) is 0 Å². The molecule has 3 nitrogen and oxygen atoms in total. The van der Waals surface area contributed by atoms with Gasteiger partial charge in [0.05, 0.1) is 5.71 Å². The predicted octanol–water partition coefficient (Wildman–Crippen LogP) is 0.746. The number of hydrogen-bond acceptors (Lipinski definition) is 3. The Bertz CT molecular complexity index is 118. The number of hydrogen-bond donors (Lipinski definition) is 1. The Morgan fingerprint density at radius 3 is 2.11 bits per heavy atom. The number of nitrogens with zero attached hydrogens (tertiary/aromatic N) is 1. The first-order chi connectivity index (χ1) is 4.04. The van der Waals surface area contributed by atoms with Gasteiger partial charge in [-0.25, -0.2) is 0 Å². The summed E-state index contributed by atoms with van der Waals surface area (Å²) in [6.07, 6.45) is 0. The molecule has 2 N–H and O–H groups in total. The van der Waals surface area contributed by atoms with Crippen LogP contribution in [0.5, 0.6) is 0 Å². The highest BCUT2D eigenvalue weighted by atomic mass is 16.5. The third-order valence-corrected chi connectivity index (χ3v) is 1.58. The van der Waals surface area contributed by atoms with Crippen molar-refractivity contribution in [3.05, 3.63) is 0 Å². The van der Waals surface area contributed by atoms with Crippen LogP contribution in [0.3, 0.4) is 0 Å². The first kappa shape index (κ1) is 8.43. The monoisotopic (exact) mass is 130 g/mol. The first-order valence-electron chi connectivity index (χ1n) is 2.84. The van der Waals surface area contributed by atoms with Crippen molar-refractivity contribution in [3.8, 4) is 0 Å². The van der Waals surface area contributed by atoms with Crippen molar-refractivity contribution in [2.45, 2.75) is 26.4 Å². The second kappa shape index (κ2) is 2.82. The number of nitrogens with two attached hydrogens (primary N) is 1. The van der Waals surface area contributed by atoms with E-state index < -0.39 is 0 Å². The molecule has 54 valence electrons. The van der Waals surface area contributed by atoms with Crippen molar-refractivity contribution < 1.29 is 4.74 Å². The summed E-state index contributed by atoms with van der Waals surface area (Å²) in [4.78, 5) is 0. The largest absolute Gasteiger partial charge is 0.373 e. The van der Waals surface area contributed by atoms with Crippen LogP contribution in [-0.4, -0.2) is 18.4 Å². The van der Waals surface area contributed by atoms with Crippen molar-refractivity contribution >= 4 is 5.71 Å². The topological polar surface area (TPSA) is 47.6 Å². The minimum atomic E-state index is -0.325. The van der Waals surface area contributed by atoms with Crippen molar-refractivity contribution in [1.29, 1.82) is 0 Å². The fraction of sp³-hybridized carbons (Fsp3) is 0.833. The van der Waals surface area contributed by atoms with Gasteiger partial charge in [-0.2, -0.15) is 5.10 Å². The minimum Gasteiger partial charge on any atom is -0.373 e. The van der Waals surface area contributed by atoms with Crippen LogP contribution in [0.4, 0.5) is 0 Å². The fourth-order valence-corrected chi connectivity index (χ4v) is 0.303. The zero-order chi connectivity index (χ0) is 7.49. The van der Waals surface area contributed by atoms with Gasteiger partial charge in [-0.3, -0.25) is 0 Å². The smallest absolute Gasteiger partial charge is 0.102 e. The highest BCUT2D eigenvalue weighted by Crippen LogP contribution is 2.08. The summed E-state index contributed by atoms with van der Waals surface area (Å²) in [6.45, 7) is 5.67. The normalized spacial score (nSPS) is 14.0. The molecule has 0 bridgehead atoms. The van der Waals surface area contributed by atoms with E-state index in [9.17, 15) is 0 Å². The van der Waals surface area contributed by atoms with E-state index in [1.165, 1.54) is 0 Å². The fourth-order valence-electron chi connectivity index (χ4n) is 0.303. The van der Waals surface area contributed by atoms with Crippen LogP contribution in [0, 0.1) is 0 Å². The third-order valence-electron chi connectivity index (χ3n) is 1.58.